The summed E-state index contributed by atoms with van der Waals surface area (Å²) in [6.07, 6.45) is -4.74. The Labute approximate surface area is 167 Å². The van der Waals surface area contributed by atoms with Crippen LogP contribution in [0.5, 0.6) is 5.75 Å². The summed E-state index contributed by atoms with van der Waals surface area (Å²) in [5.41, 5.74) is -1.32. The fourth-order valence-electron chi connectivity index (χ4n) is 2.62. The van der Waals surface area contributed by atoms with Gasteiger partial charge in [-0.25, -0.2) is 0 Å². The normalized spacial score (nSPS) is 11.4. The highest BCUT2D eigenvalue weighted by Crippen LogP contribution is 2.35. The summed E-state index contributed by atoms with van der Waals surface area (Å²) in [5.74, 6) is -0.523. The molecule has 1 amide bonds. The molecule has 0 fully saturated rings. The number of alkyl halides is 3. The summed E-state index contributed by atoms with van der Waals surface area (Å²) in [5, 5.41) is 18.3. The zero-order valence-corrected chi connectivity index (χ0v) is 15.7. The Morgan fingerprint density at radius 2 is 2.03 bits per heavy atom. The van der Waals surface area contributed by atoms with Gasteiger partial charge in [-0.3, -0.25) is 20.0 Å². The molecule has 0 atom stereocenters. The number of aromatic amines is 1. The van der Waals surface area contributed by atoms with E-state index in [4.69, 9.17) is 9.15 Å². The van der Waals surface area contributed by atoms with Crippen molar-refractivity contribution in [2.45, 2.75) is 26.6 Å². The van der Waals surface area contributed by atoms with Crippen molar-refractivity contribution in [1.82, 2.24) is 10.2 Å². The van der Waals surface area contributed by atoms with Crippen molar-refractivity contribution < 1.29 is 32.0 Å². The molecule has 2 N–H and O–H groups in total. The smallest absolute Gasteiger partial charge is 0.437 e. The van der Waals surface area contributed by atoms with Crippen molar-refractivity contribution >= 4 is 17.3 Å². The topological polar surface area (TPSA) is 123 Å². The first kappa shape index (κ1) is 20.9. The second-order valence-corrected chi connectivity index (χ2v) is 6.28. The number of anilines is 1. The summed E-state index contributed by atoms with van der Waals surface area (Å²) < 4.78 is 49.7. The standard InChI is InChI=1S/C18H15F3N4O5/c1-9-7-11(3-5-13(9)25(27)28)29-8-12-4-6-14(30-12)17(26)22-15-10(2)23-24-16(15)18(19,20)21/h3-7H,8H2,1-2H3,(H,22,26)(H,23,24). The molecule has 2 heterocycles. The van der Waals surface area contributed by atoms with E-state index in [0.717, 1.165) is 0 Å². The predicted octanol–water partition coefficient (Wildman–Crippen LogP) is 4.38. The van der Waals surface area contributed by atoms with Gasteiger partial charge in [0.2, 0.25) is 0 Å². The number of nitro benzene ring substituents is 1. The third-order valence-electron chi connectivity index (χ3n) is 4.09. The van der Waals surface area contributed by atoms with E-state index < -0.39 is 28.4 Å². The molecule has 3 rings (SSSR count). The minimum Gasteiger partial charge on any atom is -0.486 e. The van der Waals surface area contributed by atoms with Gasteiger partial charge in [0, 0.05) is 11.6 Å². The van der Waals surface area contributed by atoms with E-state index in [0.29, 0.717) is 11.3 Å². The summed E-state index contributed by atoms with van der Waals surface area (Å²) in [6, 6.07) is 6.92. The quantitative estimate of drug-likeness (QED) is 0.447. The van der Waals surface area contributed by atoms with Crippen molar-refractivity contribution in [2.75, 3.05) is 5.32 Å². The maximum absolute atomic E-state index is 13.0. The first-order valence-electron chi connectivity index (χ1n) is 8.46. The molecule has 0 spiro atoms. The van der Waals surface area contributed by atoms with Crippen LogP contribution >= 0.6 is 0 Å². The van der Waals surface area contributed by atoms with Crippen molar-refractivity contribution in [2.24, 2.45) is 0 Å². The molecule has 0 aliphatic heterocycles. The van der Waals surface area contributed by atoms with Gasteiger partial charge in [-0.2, -0.15) is 18.3 Å². The molecule has 30 heavy (non-hydrogen) atoms. The summed E-state index contributed by atoms with van der Waals surface area (Å²) in [7, 11) is 0. The highest BCUT2D eigenvalue weighted by molar-refractivity contribution is 6.03. The number of furan rings is 1. The number of carbonyl (C=O) groups excluding carboxylic acids is 1. The van der Waals surface area contributed by atoms with Crippen LogP contribution in [-0.2, 0) is 12.8 Å². The number of hydrogen-bond donors (Lipinski definition) is 2. The maximum Gasteiger partial charge on any atom is 0.437 e. The van der Waals surface area contributed by atoms with Crippen LogP contribution < -0.4 is 10.1 Å². The molecular formula is C18H15F3N4O5. The average Bonchev–Trinajstić information content (AvgIpc) is 3.27. The lowest BCUT2D eigenvalue weighted by molar-refractivity contribution is -0.385. The first-order chi connectivity index (χ1) is 14.1. The Balaban J connectivity index is 1.67. The van der Waals surface area contributed by atoms with E-state index in [1.165, 1.54) is 37.3 Å². The van der Waals surface area contributed by atoms with Crippen LogP contribution in [0.15, 0.2) is 34.7 Å². The predicted molar refractivity (Wildman–Crippen MR) is 97.2 cm³/mol. The minimum atomic E-state index is -4.74. The van der Waals surface area contributed by atoms with E-state index >= 15 is 0 Å². The van der Waals surface area contributed by atoms with Crippen LogP contribution in [0.4, 0.5) is 24.5 Å². The monoisotopic (exact) mass is 424 g/mol. The largest absolute Gasteiger partial charge is 0.486 e. The molecule has 9 nitrogen and oxygen atoms in total. The summed E-state index contributed by atoms with van der Waals surface area (Å²) >= 11 is 0. The molecule has 0 radical (unpaired) electrons. The van der Waals surface area contributed by atoms with E-state index in [2.05, 4.69) is 15.5 Å². The molecule has 0 aliphatic rings. The number of carbonyl (C=O) groups is 1. The van der Waals surface area contributed by atoms with Crippen LogP contribution in [-0.4, -0.2) is 21.0 Å². The van der Waals surface area contributed by atoms with Gasteiger partial charge in [-0.15, -0.1) is 0 Å². The van der Waals surface area contributed by atoms with Crippen molar-refractivity contribution in [3.8, 4) is 5.75 Å². The Bertz CT molecular complexity index is 1100. The number of benzene rings is 1. The van der Waals surface area contributed by atoms with Crippen LogP contribution in [0, 0.1) is 24.0 Å². The lowest BCUT2D eigenvalue weighted by Crippen LogP contribution is -2.16. The van der Waals surface area contributed by atoms with E-state index in [9.17, 15) is 28.1 Å². The van der Waals surface area contributed by atoms with Gasteiger partial charge in [-0.05, 0) is 38.1 Å². The number of nitro groups is 1. The number of ether oxygens (including phenoxy) is 1. The van der Waals surface area contributed by atoms with E-state index in [1.54, 1.807) is 6.92 Å². The highest BCUT2D eigenvalue weighted by Gasteiger charge is 2.38. The molecule has 12 heteroatoms. The molecule has 3 aromatic rings. The van der Waals surface area contributed by atoms with Crippen LogP contribution in [0.3, 0.4) is 0 Å². The Kier molecular flexibility index (Phi) is 5.49. The molecule has 1 aromatic carbocycles. The van der Waals surface area contributed by atoms with E-state index in [-0.39, 0.29) is 29.5 Å². The molecular weight excluding hydrogens is 409 g/mol. The first-order valence-corrected chi connectivity index (χ1v) is 8.46. The van der Waals surface area contributed by atoms with Gasteiger partial charge in [0.1, 0.15) is 18.1 Å². The molecule has 0 aliphatic carbocycles. The number of aromatic nitrogens is 2. The molecule has 0 unspecified atom stereocenters. The highest BCUT2D eigenvalue weighted by atomic mass is 19.4. The van der Waals surface area contributed by atoms with Crippen molar-refractivity contribution in [1.29, 1.82) is 0 Å². The number of rotatable bonds is 6. The van der Waals surface area contributed by atoms with Gasteiger partial charge >= 0.3 is 6.18 Å². The lowest BCUT2D eigenvalue weighted by atomic mass is 10.2. The average molecular weight is 424 g/mol. The lowest BCUT2D eigenvalue weighted by Gasteiger charge is -2.08. The van der Waals surface area contributed by atoms with E-state index in [1.807, 2.05) is 0 Å². The number of halogens is 3. The SMILES string of the molecule is Cc1cc(OCc2ccc(C(=O)Nc3c(C(F)(F)F)n[nH]c3C)o2)ccc1[N+](=O)[O-]. The molecule has 0 bridgehead atoms. The molecule has 0 saturated heterocycles. The van der Waals surface area contributed by atoms with Crippen LogP contribution in [0.2, 0.25) is 0 Å². The molecule has 0 saturated carbocycles. The Morgan fingerprint density at radius 1 is 1.30 bits per heavy atom. The third-order valence-corrected chi connectivity index (χ3v) is 4.09. The number of aryl methyl sites for hydroxylation is 2. The second kappa shape index (κ2) is 7.89. The number of hydrogen-bond acceptors (Lipinski definition) is 6. The van der Waals surface area contributed by atoms with Gasteiger partial charge in [0.15, 0.2) is 11.5 Å². The van der Waals surface area contributed by atoms with Crippen molar-refractivity contribution in [3.63, 3.8) is 0 Å². The van der Waals surface area contributed by atoms with Gasteiger partial charge in [0.05, 0.1) is 16.3 Å². The molecule has 2 aromatic heterocycles. The summed E-state index contributed by atoms with van der Waals surface area (Å²) in [4.78, 5) is 22.6. The van der Waals surface area contributed by atoms with Crippen LogP contribution in [0.1, 0.15) is 33.3 Å². The number of nitrogens with zero attached hydrogens (tertiary/aromatic N) is 2. The number of H-pyrrole nitrogens is 1. The minimum absolute atomic E-state index is 0.0410. The van der Waals surface area contributed by atoms with Gasteiger partial charge in [-0.1, -0.05) is 0 Å². The zero-order valence-electron chi connectivity index (χ0n) is 15.7. The second-order valence-electron chi connectivity index (χ2n) is 6.28. The third kappa shape index (κ3) is 4.42. The fourth-order valence-corrected chi connectivity index (χ4v) is 2.62. The van der Waals surface area contributed by atoms with Crippen molar-refractivity contribution in [3.05, 3.63) is 68.9 Å². The van der Waals surface area contributed by atoms with Crippen LogP contribution in [0.25, 0.3) is 0 Å². The Hall–Kier alpha value is -3.83. The Morgan fingerprint density at radius 3 is 2.67 bits per heavy atom. The molecule has 158 valence electrons. The van der Waals surface area contributed by atoms with Gasteiger partial charge < -0.3 is 14.5 Å². The number of amides is 1. The summed E-state index contributed by atoms with van der Waals surface area (Å²) in [6.45, 7) is 2.81. The fraction of sp³-hybridized carbons (Fsp3) is 0.222. The zero-order chi connectivity index (χ0) is 22.1. The number of nitrogens with one attached hydrogen (secondary N) is 2. The van der Waals surface area contributed by atoms with Gasteiger partial charge in [0.25, 0.3) is 11.6 Å². The maximum atomic E-state index is 13.0.